The van der Waals surface area contributed by atoms with Gasteiger partial charge in [0.05, 0.1) is 14.2 Å². The van der Waals surface area contributed by atoms with Gasteiger partial charge in [0, 0.05) is 18.2 Å². The van der Waals surface area contributed by atoms with Crippen molar-refractivity contribution in [2.45, 2.75) is 19.0 Å². The van der Waals surface area contributed by atoms with Crippen LogP contribution in [0.5, 0.6) is 23.0 Å². The maximum Gasteiger partial charge on any atom is 0.164 e. The van der Waals surface area contributed by atoms with Crippen molar-refractivity contribution < 1.29 is 19.3 Å². The number of phenols is 1. The van der Waals surface area contributed by atoms with Gasteiger partial charge in [0.25, 0.3) is 0 Å². The molecule has 2 aromatic rings. The van der Waals surface area contributed by atoms with Crippen molar-refractivity contribution in [3.63, 3.8) is 0 Å². The van der Waals surface area contributed by atoms with E-state index in [9.17, 15) is 5.11 Å². The van der Waals surface area contributed by atoms with Crippen LogP contribution in [0.15, 0.2) is 36.4 Å². The topological polar surface area (TPSA) is 60.0 Å². The number of rotatable bonds is 5. The Morgan fingerprint density at radius 3 is 2.65 bits per heavy atom. The Balaban J connectivity index is 1.69. The molecule has 0 spiro atoms. The van der Waals surface area contributed by atoms with Crippen molar-refractivity contribution in [1.82, 2.24) is 5.32 Å². The lowest BCUT2D eigenvalue weighted by molar-refractivity contribution is 0.226. The van der Waals surface area contributed by atoms with Crippen LogP contribution in [0.3, 0.4) is 0 Å². The van der Waals surface area contributed by atoms with E-state index in [4.69, 9.17) is 14.2 Å². The molecule has 1 heterocycles. The van der Waals surface area contributed by atoms with Crippen LogP contribution in [0.25, 0.3) is 0 Å². The minimum Gasteiger partial charge on any atom is -0.507 e. The standard InChI is InChI=1S/C18H21NO4/c1-21-16-7-4-6-15(20)14(16)10-19-13-9-12-5-3-8-17(22-2)18(12)23-11-13/h3-8,13,19-20H,9-11H2,1-2H3. The van der Waals surface area contributed by atoms with Crippen LogP contribution in [0, 0.1) is 0 Å². The van der Waals surface area contributed by atoms with Crippen molar-refractivity contribution in [2.75, 3.05) is 20.8 Å². The first-order valence-electron chi connectivity index (χ1n) is 7.60. The fourth-order valence-electron chi connectivity index (χ4n) is 2.86. The van der Waals surface area contributed by atoms with Gasteiger partial charge in [-0.2, -0.15) is 0 Å². The summed E-state index contributed by atoms with van der Waals surface area (Å²) in [5.74, 6) is 2.50. The van der Waals surface area contributed by atoms with E-state index in [1.165, 1.54) is 0 Å². The molecule has 1 atom stereocenters. The first-order chi connectivity index (χ1) is 11.2. The summed E-state index contributed by atoms with van der Waals surface area (Å²) in [6.45, 7) is 1.08. The van der Waals surface area contributed by atoms with Gasteiger partial charge in [0.2, 0.25) is 0 Å². The van der Waals surface area contributed by atoms with E-state index in [2.05, 4.69) is 5.32 Å². The normalized spacial score (nSPS) is 16.3. The fraction of sp³-hybridized carbons (Fsp3) is 0.333. The number of hydrogen-bond donors (Lipinski definition) is 2. The molecule has 0 bridgehead atoms. The fourth-order valence-corrected chi connectivity index (χ4v) is 2.86. The third-order valence-electron chi connectivity index (χ3n) is 4.07. The van der Waals surface area contributed by atoms with Gasteiger partial charge in [-0.15, -0.1) is 0 Å². The van der Waals surface area contributed by atoms with E-state index in [0.29, 0.717) is 18.9 Å². The Morgan fingerprint density at radius 2 is 1.87 bits per heavy atom. The van der Waals surface area contributed by atoms with Crippen LogP contribution in [0.2, 0.25) is 0 Å². The second-order valence-corrected chi connectivity index (χ2v) is 5.50. The molecule has 0 aliphatic carbocycles. The summed E-state index contributed by atoms with van der Waals surface area (Å²) in [5.41, 5.74) is 1.88. The molecule has 2 aromatic carbocycles. The summed E-state index contributed by atoms with van der Waals surface area (Å²) in [7, 11) is 3.25. The van der Waals surface area contributed by atoms with Crippen molar-refractivity contribution in [1.29, 1.82) is 0 Å². The second kappa shape index (κ2) is 6.79. The summed E-state index contributed by atoms with van der Waals surface area (Å²) in [5, 5.41) is 13.4. The molecule has 0 saturated heterocycles. The van der Waals surface area contributed by atoms with E-state index < -0.39 is 0 Å². The van der Waals surface area contributed by atoms with Gasteiger partial charge in [0.15, 0.2) is 11.5 Å². The molecule has 23 heavy (non-hydrogen) atoms. The van der Waals surface area contributed by atoms with E-state index in [1.807, 2.05) is 24.3 Å². The van der Waals surface area contributed by atoms with Gasteiger partial charge in [-0.25, -0.2) is 0 Å². The van der Waals surface area contributed by atoms with Crippen LogP contribution < -0.4 is 19.5 Å². The third-order valence-corrected chi connectivity index (χ3v) is 4.07. The van der Waals surface area contributed by atoms with Gasteiger partial charge in [-0.3, -0.25) is 0 Å². The molecule has 122 valence electrons. The first-order valence-corrected chi connectivity index (χ1v) is 7.60. The molecule has 0 saturated carbocycles. The zero-order valence-electron chi connectivity index (χ0n) is 13.3. The Labute approximate surface area is 135 Å². The maximum atomic E-state index is 10.0. The molecule has 1 aliphatic heterocycles. The van der Waals surface area contributed by atoms with Crippen molar-refractivity contribution in [3.05, 3.63) is 47.5 Å². The van der Waals surface area contributed by atoms with Crippen LogP contribution in [-0.2, 0) is 13.0 Å². The van der Waals surface area contributed by atoms with E-state index in [1.54, 1.807) is 26.4 Å². The smallest absolute Gasteiger partial charge is 0.164 e. The average Bonchev–Trinajstić information content (AvgIpc) is 2.59. The Bertz CT molecular complexity index is 687. The Hall–Kier alpha value is -2.40. The van der Waals surface area contributed by atoms with E-state index in [-0.39, 0.29) is 11.8 Å². The number of methoxy groups -OCH3 is 2. The quantitative estimate of drug-likeness (QED) is 0.888. The highest BCUT2D eigenvalue weighted by atomic mass is 16.5. The molecule has 5 nitrogen and oxygen atoms in total. The monoisotopic (exact) mass is 315 g/mol. The van der Waals surface area contributed by atoms with Gasteiger partial charge in [-0.1, -0.05) is 18.2 Å². The molecule has 1 unspecified atom stereocenters. The summed E-state index contributed by atoms with van der Waals surface area (Å²) in [6, 6.07) is 11.4. The van der Waals surface area contributed by atoms with Crippen molar-refractivity contribution >= 4 is 0 Å². The third kappa shape index (κ3) is 3.19. The molecule has 0 amide bonds. The largest absolute Gasteiger partial charge is 0.507 e. The number of fused-ring (bicyclic) bond motifs is 1. The minimum absolute atomic E-state index is 0.166. The average molecular weight is 315 g/mol. The highest BCUT2D eigenvalue weighted by Gasteiger charge is 2.22. The molecule has 0 radical (unpaired) electrons. The number of para-hydroxylation sites is 1. The Kier molecular flexibility index (Phi) is 4.57. The van der Waals surface area contributed by atoms with Crippen LogP contribution in [0.1, 0.15) is 11.1 Å². The van der Waals surface area contributed by atoms with Gasteiger partial charge in [0.1, 0.15) is 18.1 Å². The summed E-state index contributed by atoms with van der Waals surface area (Å²) in [6.07, 6.45) is 0.850. The number of benzene rings is 2. The molecule has 0 aromatic heterocycles. The molecule has 2 N–H and O–H groups in total. The van der Waals surface area contributed by atoms with Gasteiger partial charge < -0.3 is 24.6 Å². The zero-order valence-corrected chi connectivity index (χ0v) is 13.3. The maximum absolute atomic E-state index is 10.0. The lowest BCUT2D eigenvalue weighted by Gasteiger charge is -2.27. The van der Waals surface area contributed by atoms with Crippen LogP contribution >= 0.6 is 0 Å². The predicted octanol–water partition coefficient (Wildman–Crippen LogP) is 2.50. The van der Waals surface area contributed by atoms with Crippen LogP contribution in [0.4, 0.5) is 0 Å². The molecular weight excluding hydrogens is 294 g/mol. The lowest BCUT2D eigenvalue weighted by Crippen LogP contribution is -2.39. The second-order valence-electron chi connectivity index (χ2n) is 5.50. The predicted molar refractivity (Wildman–Crippen MR) is 87.5 cm³/mol. The number of aromatic hydroxyl groups is 1. The highest BCUT2D eigenvalue weighted by Crippen LogP contribution is 2.35. The van der Waals surface area contributed by atoms with Crippen molar-refractivity contribution in [3.8, 4) is 23.0 Å². The molecule has 0 fully saturated rings. The first kappa shape index (κ1) is 15.5. The van der Waals surface area contributed by atoms with Crippen molar-refractivity contribution in [2.24, 2.45) is 0 Å². The molecule has 5 heteroatoms. The molecule has 1 aliphatic rings. The van der Waals surface area contributed by atoms with E-state index >= 15 is 0 Å². The minimum atomic E-state index is 0.166. The number of phenolic OH excluding ortho intramolecular Hbond substituents is 1. The summed E-state index contributed by atoms with van der Waals surface area (Å²) < 4.78 is 16.5. The van der Waals surface area contributed by atoms with Gasteiger partial charge in [-0.05, 0) is 30.2 Å². The Morgan fingerprint density at radius 1 is 1.13 bits per heavy atom. The summed E-state index contributed by atoms with van der Waals surface area (Å²) >= 11 is 0. The van der Waals surface area contributed by atoms with Gasteiger partial charge >= 0.3 is 0 Å². The summed E-state index contributed by atoms with van der Waals surface area (Å²) in [4.78, 5) is 0. The zero-order chi connectivity index (χ0) is 16.2. The molecule has 3 rings (SSSR count). The lowest BCUT2D eigenvalue weighted by atomic mass is 10.0. The molecular formula is C18H21NO4. The number of ether oxygens (including phenoxy) is 3. The number of hydrogen-bond acceptors (Lipinski definition) is 5. The number of nitrogens with one attached hydrogen (secondary N) is 1. The SMILES string of the molecule is COc1cccc(O)c1CNC1COc2c(cccc2OC)C1. The van der Waals surface area contributed by atoms with E-state index in [0.717, 1.165) is 29.0 Å². The highest BCUT2D eigenvalue weighted by molar-refractivity contribution is 5.48. The van der Waals surface area contributed by atoms with Crippen LogP contribution in [-0.4, -0.2) is 32.0 Å².